The summed E-state index contributed by atoms with van der Waals surface area (Å²) in [5.41, 5.74) is 2.47. The van der Waals surface area contributed by atoms with Crippen molar-refractivity contribution in [1.82, 2.24) is 20.1 Å². The second-order valence-electron chi connectivity index (χ2n) is 7.02. The molecule has 1 aliphatic rings. The highest BCUT2D eigenvalue weighted by Gasteiger charge is 2.20. The van der Waals surface area contributed by atoms with E-state index < -0.39 is 0 Å². The van der Waals surface area contributed by atoms with Crippen molar-refractivity contribution >= 4 is 5.82 Å². The highest BCUT2D eigenvalue weighted by molar-refractivity contribution is 5.39. The third-order valence-electron chi connectivity index (χ3n) is 5.05. The standard InChI is InChI=1S/C21H24FN5/c1-16-4-2-5-21(25-16)26-12-8-18(9-13-26)23-15-17-6-7-20(19(22)14-17)27-11-3-10-24-27/h2-7,10-11,14,18,23H,8-9,12-13,15H2,1H3. The molecule has 140 valence electrons. The summed E-state index contributed by atoms with van der Waals surface area (Å²) in [6.07, 6.45) is 5.51. The number of piperidine rings is 1. The summed E-state index contributed by atoms with van der Waals surface area (Å²) >= 11 is 0. The largest absolute Gasteiger partial charge is 0.356 e. The first-order valence-electron chi connectivity index (χ1n) is 9.39. The van der Waals surface area contributed by atoms with Crippen LogP contribution in [0, 0.1) is 12.7 Å². The lowest BCUT2D eigenvalue weighted by Gasteiger charge is -2.33. The van der Waals surface area contributed by atoms with Gasteiger partial charge in [-0.1, -0.05) is 12.1 Å². The van der Waals surface area contributed by atoms with Crippen LogP contribution in [-0.2, 0) is 6.54 Å². The Bertz CT molecular complexity index is 885. The number of benzene rings is 1. The first kappa shape index (κ1) is 17.7. The summed E-state index contributed by atoms with van der Waals surface area (Å²) in [7, 11) is 0. The molecule has 1 fully saturated rings. The second-order valence-corrected chi connectivity index (χ2v) is 7.02. The van der Waals surface area contributed by atoms with Crippen molar-refractivity contribution in [3.8, 4) is 5.69 Å². The van der Waals surface area contributed by atoms with Crippen LogP contribution < -0.4 is 10.2 Å². The molecule has 2 aromatic heterocycles. The lowest BCUT2D eigenvalue weighted by molar-refractivity contribution is 0.412. The molecule has 0 radical (unpaired) electrons. The van der Waals surface area contributed by atoms with Gasteiger partial charge >= 0.3 is 0 Å². The lowest BCUT2D eigenvalue weighted by Crippen LogP contribution is -2.42. The number of nitrogens with zero attached hydrogens (tertiary/aromatic N) is 4. The topological polar surface area (TPSA) is 46.0 Å². The van der Waals surface area contributed by atoms with Gasteiger partial charge in [0.25, 0.3) is 0 Å². The smallest absolute Gasteiger partial charge is 0.149 e. The first-order chi connectivity index (χ1) is 13.2. The molecule has 27 heavy (non-hydrogen) atoms. The first-order valence-corrected chi connectivity index (χ1v) is 9.39. The van der Waals surface area contributed by atoms with Crippen LogP contribution in [0.5, 0.6) is 0 Å². The van der Waals surface area contributed by atoms with Gasteiger partial charge in [-0.2, -0.15) is 5.10 Å². The highest BCUT2D eigenvalue weighted by Crippen LogP contribution is 2.19. The van der Waals surface area contributed by atoms with Gasteiger partial charge in [0.15, 0.2) is 0 Å². The minimum atomic E-state index is -0.252. The van der Waals surface area contributed by atoms with Crippen molar-refractivity contribution in [2.45, 2.75) is 32.4 Å². The van der Waals surface area contributed by atoms with Crippen LogP contribution in [-0.4, -0.2) is 33.9 Å². The van der Waals surface area contributed by atoms with Crippen molar-refractivity contribution in [3.63, 3.8) is 0 Å². The molecule has 3 heterocycles. The van der Waals surface area contributed by atoms with Crippen molar-refractivity contribution in [2.24, 2.45) is 0 Å². The van der Waals surface area contributed by atoms with Gasteiger partial charge < -0.3 is 10.2 Å². The van der Waals surface area contributed by atoms with E-state index in [9.17, 15) is 4.39 Å². The summed E-state index contributed by atoms with van der Waals surface area (Å²) in [5.74, 6) is 0.808. The van der Waals surface area contributed by atoms with Crippen LogP contribution in [0.1, 0.15) is 24.1 Å². The third-order valence-corrected chi connectivity index (χ3v) is 5.05. The minimum absolute atomic E-state index is 0.252. The van der Waals surface area contributed by atoms with Crippen molar-refractivity contribution in [3.05, 3.63) is 71.9 Å². The number of aryl methyl sites for hydroxylation is 1. The molecule has 5 nitrogen and oxygen atoms in total. The Morgan fingerprint density at radius 3 is 2.70 bits per heavy atom. The summed E-state index contributed by atoms with van der Waals surface area (Å²) in [6.45, 7) is 4.67. The molecule has 1 N–H and O–H groups in total. The molecule has 4 rings (SSSR count). The molecule has 0 amide bonds. The molecule has 0 spiro atoms. The van der Waals surface area contributed by atoms with Gasteiger partial charge in [0, 0.05) is 43.8 Å². The van der Waals surface area contributed by atoms with Gasteiger partial charge in [-0.3, -0.25) is 0 Å². The van der Waals surface area contributed by atoms with Crippen LogP contribution in [0.4, 0.5) is 10.2 Å². The van der Waals surface area contributed by atoms with E-state index in [1.807, 2.05) is 19.1 Å². The van der Waals surface area contributed by atoms with E-state index in [-0.39, 0.29) is 5.82 Å². The summed E-state index contributed by atoms with van der Waals surface area (Å²) in [5, 5.41) is 7.65. The maximum atomic E-state index is 14.3. The number of aromatic nitrogens is 3. The van der Waals surface area contributed by atoms with E-state index in [1.54, 1.807) is 35.3 Å². The molecule has 0 bridgehead atoms. The fraction of sp³-hybridized carbons (Fsp3) is 0.333. The number of hydrogen-bond donors (Lipinski definition) is 1. The number of pyridine rings is 1. The zero-order valence-electron chi connectivity index (χ0n) is 15.5. The Morgan fingerprint density at radius 2 is 2.00 bits per heavy atom. The molecule has 3 aromatic rings. The molecule has 0 saturated carbocycles. The second kappa shape index (κ2) is 7.88. The minimum Gasteiger partial charge on any atom is -0.356 e. The monoisotopic (exact) mass is 365 g/mol. The summed E-state index contributed by atoms with van der Waals surface area (Å²) in [4.78, 5) is 6.95. The lowest BCUT2D eigenvalue weighted by atomic mass is 10.0. The van der Waals surface area contributed by atoms with Crippen LogP contribution >= 0.6 is 0 Å². The van der Waals surface area contributed by atoms with Gasteiger partial charge in [0.2, 0.25) is 0 Å². The average Bonchev–Trinajstić information content (AvgIpc) is 3.21. The van der Waals surface area contributed by atoms with Gasteiger partial charge in [-0.25, -0.2) is 14.1 Å². The summed E-state index contributed by atoms with van der Waals surface area (Å²) < 4.78 is 15.9. The normalized spacial score (nSPS) is 15.3. The van der Waals surface area contributed by atoms with E-state index in [0.29, 0.717) is 18.3 Å². The Morgan fingerprint density at radius 1 is 1.15 bits per heavy atom. The third kappa shape index (κ3) is 4.17. The molecular weight excluding hydrogens is 341 g/mol. The Kier molecular flexibility index (Phi) is 5.16. The zero-order valence-corrected chi connectivity index (χ0v) is 15.5. The van der Waals surface area contributed by atoms with Gasteiger partial charge in [-0.15, -0.1) is 0 Å². The molecule has 6 heteroatoms. The maximum Gasteiger partial charge on any atom is 0.149 e. The molecule has 0 atom stereocenters. The zero-order chi connectivity index (χ0) is 18.6. The average molecular weight is 365 g/mol. The van der Waals surface area contributed by atoms with Crippen LogP contribution in [0.2, 0.25) is 0 Å². The molecular formula is C21H24FN5. The van der Waals surface area contributed by atoms with Crippen molar-refractivity contribution in [1.29, 1.82) is 0 Å². The SMILES string of the molecule is Cc1cccc(N2CCC(NCc3ccc(-n4cccn4)c(F)c3)CC2)n1. The number of hydrogen-bond acceptors (Lipinski definition) is 4. The van der Waals surface area contributed by atoms with Crippen LogP contribution in [0.25, 0.3) is 5.69 Å². The van der Waals surface area contributed by atoms with Gasteiger partial charge in [0.05, 0.1) is 0 Å². The summed E-state index contributed by atoms with van der Waals surface area (Å²) in [6, 6.07) is 13.7. The molecule has 1 aliphatic heterocycles. The molecule has 0 aliphatic carbocycles. The molecule has 1 aromatic carbocycles. The predicted octanol–water partition coefficient (Wildman–Crippen LogP) is 3.47. The van der Waals surface area contributed by atoms with Crippen LogP contribution in [0.3, 0.4) is 0 Å². The number of nitrogens with one attached hydrogen (secondary N) is 1. The fourth-order valence-corrected chi connectivity index (χ4v) is 3.54. The Balaban J connectivity index is 1.31. The van der Waals surface area contributed by atoms with Gasteiger partial charge in [0.1, 0.15) is 17.3 Å². The Labute approximate surface area is 158 Å². The van der Waals surface area contributed by atoms with Gasteiger partial charge in [-0.05, 0) is 55.7 Å². The Hall–Kier alpha value is -2.73. The maximum absolute atomic E-state index is 14.3. The molecule has 0 unspecified atom stereocenters. The van der Waals surface area contributed by atoms with E-state index in [4.69, 9.17) is 0 Å². The highest BCUT2D eigenvalue weighted by atomic mass is 19.1. The number of halogens is 1. The van der Waals surface area contributed by atoms with E-state index in [1.165, 1.54) is 0 Å². The number of anilines is 1. The van der Waals surface area contributed by atoms with E-state index in [2.05, 4.69) is 32.4 Å². The van der Waals surface area contributed by atoms with E-state index in [0.717, 1.165) is 43.0 Å². The molecule has 1 saturated heterocycles. The van der Waals surface area contributed by atoms with Crippen LogP contribution in [0.15, 0.2) is 54.9 Å². The van der Waals surface area contributed by atoms with E-state index >= 15 is 0 Å². The van der Waals surface area contributed by atoms with Crippen molar-refractivity contribution < 1.29 is 4.39 Å². The quantitative estimate of drug-likeness (QED) is 0.752. The fourth-order valence-electron chi connectivity index (χ4n) is 3.54. The predicted molar refractivity (Wildman–Crippen MR) is 105 cm³/mol. The van der Waals surface area contributed by atoms with Crippen molar-refractivity contribution in [2.75, 3.05) is 18.0 Å². The number of rotatable bonds is 5.